The Morgan fingerprint density at radius 1 is 1.00 bits per heavy atom. The van der Waals surface area contributed by atoms with Crippen molar-refractivity contribution in [3.05, 3.63) is 42.2 Å². The van der Waals surface area contributed by atoms with E-state index >= 15 is 0 Å². The maximum Gasteiger partial charge on any atom is 0.258 e. The topological polar surface area (TPSA) is 101 Å². The second-order valence-corrected chi connectivity index (χ2v) is 7.72. The molecule has 0 N–H and O–H groups in total. The molecular weight excluding hydrogens is 382 g/mol. The average Bonchev–Trinajstić information content (AvgIpc) is 3.43. The molecule has 0 saturated carbocycles. The summed E-state index contributed by atoms with van der Waals surface area (Å²) >= 11 is 0. The Bertz CT molecular complexity index is 1170. The summed E-state index contributed by atoms with van der Waals surface area (Å²) in [4.78, 5) is 22.3. The zero-order chi connectivity index (χ0) is 20.7. The van der Waals surface area contributed by atoms with E-state index in [1.165, 1.54) is 0 Å². The third-order valence-electron chi connectivity index (χ3n) is 5.24. The van der Waals surface area contributed by atoms with Crippen molar-refractivity contribution in [2.45, 2.75) is 26.7 Å². The van der Waals surface area contributed by atoms with E-state index in [1.54, 1.807) is 17.0 Å². The Balaban J connectivity index is 1.33. The first-order chi connectivity index (χ1) is 14.6. The van der Waals surface area contributed by atoms with Crippen LogP contribution in [0.3, 0.4) is 0 Å². The predicted octanol–water partition coefficient (Wildman–Crippen LogP) is 2.33. The minimum absolute atomic E-state index is 0.227. The van der Waals surface area contributed by atoms with Crippen molar-refractivity contribution < 1.29 is 4.52 Å². The number of hydrogen-bond donors (Lipinski definition) is 0. The summed E-state index contributed by atoms with van der Waals surface area (Å²) in [6, 6.07) is 5.97. The van der Waals surface area contributed by atoms with Crippen LogP contribution in [0.5, 0.6) is 0 Å². The molecule has 4 aromatic rings. The van der Waals surface area contributed by atoms with E-state index in [-0.39, 0.29) is 5.92 Å². The summed E-state index contributed by atoms with van der Waals surface area (Å²) in [5.41, 5.74) is 1.82. The van der Waals surface area contributed by atoms with Crippen LogP contribution < -0.4 is 9.80 Å². The summed E-state index contributed by atoms with van der Waals surface area (Å²) in [6.45, 7) is 9.45. The molecule has 30 heavy (non-hydrogen) atoms. The quantitative estimate of drug-likeness (QED) is 0.506. The van der Waals surface area contributed by atoms with Gasteiger partial charge in [0.15, 0.2) is 5.82 Å². The Labute approximate surface area is 173 Å². The molecule has 1 aliphatic heterocycles. The van der Waals surface area contributed by atoms with Gasteiger partial charge in [-0.15, -0.1) is 0 Å². The second-order valence-electron chi connectivity index (χ2n) is 7.72. The van der Waals surface area contributed by atoms with Gasteiger partial charge in [-0.25, -0.2) is 9.97 Å². The second kappa shape index (κ2) is 7.36. The van der Waals surface area contributed by atoms with E-state index in [9.17, 15) is 0 Å². The SMILES string of the molecule is Cc1cc(N2CCN(c3cc(-c4nc(C(C)C)no4)ccn3)CC2)n2ncnc2n1. The molecule has 0 spiro atoms. The third kappa shape index (κ3) is 3.34. The number of nitrogens with zero attached hydrogens (tertiary/aromatic N) is 9. The van der Waals surface area contributed by atoms with Crippen LogP contribution in [0.1, 0.15) is 31.3 Å². The maximum absolute atomic E-state index is 5.44. The van der Waals surface area contributed by atoms with Crippen LogP contribution >= 0.6 is 0 Å². The molecule has 1 fully saturated rings. The first kappa shape index (κ1) is 18.5. The minimum atomic E-state index is 0.227. The fourth-order valence-corrected chi connectivity index (χ4v) is 3.61. The van der Waals surface area contributed by atoms with Crippen molar-refractivity contribution in [2.24, 2.45) is 0 Å². The Morgan fingerprint density at radius 3 is 2.57 bits per heavy atom. The van der Waals surface area contributed by atoms with Crippen LogP contribution in [-0.4, -0.2) is 60.9 Å². The first-order valence-electron chi connectivity index (χ1n) is 10.1. The average molecular weight is 405 g/mol. The summed E-state index contributed by atoms with van der Waals surface area (Å²) in [7, 11) is 0. The lowest BCUT2D eigenvalue weighted by Crippen LogP contribution is -2.47. The van der Waals surface area contributed by atoms with Gasteiger partial charge >= 0.3 is 0 Å². The van der Waals surface area contributed by atoms with Crippen LogP contribution in [0.4, 0.5) is 11.6 Å². The summed E-state index contributed by atoms with van der Waals surface area (Å²) in [5.74, 6) is 4.02. The highest BCUT2D eigenvalue weighted by Crippen LogP contribution is 2.25. The normalized spacial score (nSPS) is 14.8. The molecule has 0 amide bonds. The van der Waals surface area contributed by atoms with Gasteiger partial charge in [0.05, 0.1) is 0 Å². The summed E-state index contributed by atoms with van der Waals surface area (Å²) < 4.78 is 7.23. The van der Waals surface area contributed by atoms with Gasteiger partial charge in [-0.2, -0.15) is 19.6 Å². The monoisotopic (exact) mass is 405 g/mol. The lowest BCUT2D eigenvalue weighted by Gasteiger charge is -2.36. The number of aromatic nitrogens is 7. The van der Waals surface area contributed by atoms with E-state index in [0.717, 1.165) is 49.1 Å². The Hall–Kier alpha value is -3.56. The fraction of sp³-hybridized carbons (Fsp3) is 0.400. The zero-order valence-corrected chi connectivity index (χ0v) is 17.2. The molecule has 1 saturated heterocycles. The molecule has 0 radical (unpaired) electrons. The standard InChI is InChI=1S/C20H23N9O/c1-13(2)18-25-19(30-26-18)15-4-5-21-16(11-15)27-6-8-28(9-7-27)17-10-14(3)24-20-22-12-23-29(17)20/h4-5,10-13H,6-9H2,1-3H3. The molecule has 4 aromatic heterocycles. The number of piperazine rings is 1. The largest absolute Gasteiger partial charge is 0.353 e. The van der Waals surface area contributed by atoms with E-state index in [4.69, 9.17) is 4.52 Å². The molecule has 0 bridgehead atoms. The van der Waals surface area contributed by atoms with Crippen LogP contribution in [0.25, 0.3) is 17.2 Å². The maximum atomic E-state index is 5.44. The number of fused-ring (bicyclic) bond motifs is 1. The van der Waals surface area contributed by atoms with Gasteiger partial charge in [-0.3, -0.25) is 0 Å². The van der Waals surface area contributed by atoms with Gasteiger partial charge in [-0.1, -0.05) is 19.0 Å². The molecule has 10 nitrogen and oxygen atoms in total. The molecule has 5 rings (SSSR count). The number of rotatable bonds is 4. The minimum Gasteiger partial charge on any atom is -0.353 e. The van der Waals surface area contributed by atoms with Gasteiger partial charge in [-0.05, 0) is 19.1 Å². The Morgan fingerprint density at radius 2 is 1.80 bits per heavy atom. The number of anilines is 2. The highest BCUT2D eigenvalue weighted by Gasteiger charge is 2.22. The molecule has 1 aliphatic rings. The summed E-state index contributed by atoms with van der Waals surface area (Å²) in [6.07, 6.45) is 3.33. The van der Waals surface area contributed by atoms with Gasteiger partial charge in [0.2, 0.25) is 0 Å². The van der Waals surface area contributed by atoms with Crippen LogP contribution in [-0.2, 0) is 0 Å². The van der Waals surface area contributed by atoms with Gasteiger partial charge in [0.1, 0.15) is 18.0 Å². The van der Waals surface area contributed by atoms with Gasteiger partial charge in [0.25, 0.3) is 11.7 Å². The number of aryl methyl sites for hydroxylation is 1. The number of hydrogen-bond acceptors (Lipinski definition) is 9. The summed E-state index contributed by atoms with van der Waals surface area (Å²) in [5, 5.41) is 8.38. The predicted molar refractivity (Wildman–Crippen MR) is 112 cm³/mol. The van der Waals surface area contributed by atoms with Crippen molar-refractivity contribution in [2.75, 3.05) is 36.0 Å². The molecule has 0 unspecified atom stereocenters. The van der Waals surface area contributed by atoms with E-state index < -0.39 is 0 Å². The molecule has 5 heterocycles. The van der Waals surface area contributed by atoms with Crippen LogP contribution in [0.15, 0.2) is 35.2 Å². The van der Waals surface area contributed by atoms with E-state index in [2.05, 4.69) is 46.1 Å². The van der Waals surface area contributed by atoms with Crippen molar-refractivity contribution in [1.82, 2.24) is 34.7 Å². The van der Waals surface area contributed by atoms with Gasteiger partial charge < -0.3 is 14.3 Å². The lowest BCUT2D eigenvalue weighted by atomic mass is 10.2. The first-order valence-corrected chi connectivity index (χ1v) is 10.1. The lowest BCUT2D eigenvalue weighted by molar-refractivity contribution is 0.419. The fourth-order valence-electron chi connectivity index (χ4n) is 3.61. The zero-order valence-electron chi connectivity index (χ0n) is 17.2. The molecule has 10 heteroatoms. The van der Waals surface area contributed by atoms with E-state index in [0.29, 0.717) is 17.5 Å². The van der Waals surface area contributed by atoms with Gasteiger partial charge in [0, 0.05) is 55.6 Å². The third-order valence-corrected chi connectivity index (χ3v) is 5.24. The molecular formula is C20H23N9O. The van der Waals surface area contributed by atoms with E-state index in [1.807, 2.05) is 32.9 Å². The van der Waals surface area contributed by atoms with Crippen molar-refractivity contribution in [3.8, 4) is 11.5 Å². The molecule has 0 aromatic carbocycles. The number of pyridine rings is 1. The molecule has 0 aliphatic carbocycles. The highest BCUT2D eigenvalue weighted by atomic mass is 16.5. The van der Waals surface area contributed by atoms with Crippen molar-refractivity contribution in [1.29, 1.82) is 0 Å². The van der Waals surface area contributed by atoms with Crippen LogP contribution in [0.2, 0.25) is 0 Å². The van der Waals surface area contributed by atoms with Crippen LogP contribution in [0, 0.1) is 6.92 Å². The smallest absolute Gasteiger partial charge is 0.258 e. The molecule has 154 valence electrons. The van der Waals surface area contributed by atoms with Crippen molar-refractivity contribution >= 4 is 17.4 Å². The molecule has 0 atom stereocenters. The van der Waals surface area contributed by atoms with Crippen molar-refractivity contribution in [3.63, 3.8) is 0 Å². The highest BCUT2D eigenvalue weighted by molar-refractivity contribution is 5.59. The Kier molecular flexibility index (Phi) is 4.53.